The van der Waals surface area contributed by atoms with Gasteiger partial charge in [0.2, 0.25) is 0 Å². The Hall–Kier alpha value is -0.570. The molecule has 0 fully saturated rings. The van der Waals surface area contributed by atoms with Crippen molar-refractivity contribution in [3.63, 3.8) is 0 Å². The molecular weight excluding hydrogens is 222 g/mol. The van der Waals surface area contributed by atoms with Crippen LogP contribution in [0.1, 0.15) is 49.8 Å². The fourth-order valence-electron chi connectivity index (χ4n) is 1.63. The Balaban J connectivity index is 0.00000225. The smallest absolute Gasteiger partial charge is 0.0431 e. The number of rotatable bonds is 5. The number of benzene rings is 1. The molecule has 2 nitrogen and oxygen atoms in total. The summed E-state index contributed by atoms with van der Waals surface area (Å²) in [7, 11) is 0. The summed E-state index contributed by atoms with van der Waals surface area (Å²) in [5, 5.41) is 8.75. The Morgan fingerprint density at radius 2 is 1.88 bits per heavy atom. The van der Waals surface area contributed by atoms with E-state index in [0.717, 1.165) is 12.8 Å². The first-order valence-corrected chi connectivity index (χ1v) is 5.61. The van der Waals surface area contributed by atoms with Gasteiger partial charge in [-0.05, 0) is 29.9 Å². The highest BCUT2D eigenvalue weighted by Gasteiger charge is 2.07. The van der Waals surface area contributed by atoms with Gasteiger partial charge < -0.3 is 10.8 Å². The zero-order valence-electron chi connectivity index (χ0n) is 10.0. The molecule has 1 rings (SSSR count). The van der Waals surface area contributed by atoms with Crippen LogP contribution in [0.4, 0.5) is 0 Å². The van der Waals surface area contributed by atoms with E-state index in [0.29, 0.717) is 5.92 Å². The molecule has 3 N–H and O–H groups in total. The highest BCUT2D eigenvalue weighted by atomic mass is 35.5. The predicted molar refractivity (Wildman–Crippen MR) is 71.0 cm³/mol. The van der Waals surface area contributed by atoms with E-state index in [4.69, 9.17) is 10.8 Å². The fourth-order valence-corrected chi connectivity index (χ4v) is 1.63. The van der Waals surface area contributed by atoms with E-state index in [2.05, 4.69) is 38.1 Å². The molecule has 0 heterocycles. The predicted octanol–water partition coefficient (Wildman–Crippen LogP) is 3.00. The minimum atomic E-state index is 0. The van der Waals surface area contributed by atoms with Crippen molar-refractivity contribution in [3.05, 3.63) is 35.4 Å². The Morgan fingerprint density at radius 3 is 2.44 bits per heavy atom. The van der Waals surface area contributed by atoms with Crippen LogP contribution in [-0.4, -0.2) is 11.7 Å². The van der Waals surface area contributed by atoms with Crippen LogP contribution in [0.3, 0.4) is 0 Å². The molecule has 3 heteroatoms. The molecule has 0 saturated carbocycles. The SMILES string of the molecule is CC(C)c1cccc([C@H](N)CCCO)c1.Cl. The molecule has 1 aromatic carbocycles. The van der Waals surface area contributed by atoms with Crippen LogP contribution >= 0.6 is 12.4 Å². The molecular formula is C13H22ClNO. The summed E-state index contributed by atoms with van der Waals surface area (Å²) in [5.74, 6) is 0.537. The lowest BCUT2D eigenvalue weighted by molar-refractivity contribution is 0.280. The van der Waals surface area contributed by atoms with Crippen molar-refractivity contribution in [2.75, 3.05) is 6.61 Å². The highest BCUT2D eigenvalue weighted by Crippen LogP contribution is 2.21. The van der Waals surface area contributed by atoms with Crippen molar-refractivity contribution < 1.29 is 5.11 Å². The van der Waals surface area contributed by atoms with Gasteiger partial charge in [0.1, 0.15) is 0 Å². The average Bonchev–Trinajstić information content (AvgIpc) is 2.26. The number of halogens is 1. The third-order valence-corrected chi connectivity index (χ3v) is 2.68. The van der Waals surface area contributed by atoms with E-state index in [1.807, 2.05) is 0 Å². The molecule has 0 unspecified atom stereocenters. The summed E-state index contributed by atoms with van der Waals surface area (Å²) >= 11 is 0. The van der Waals surface area contributed by atoms with Gasteiger partial charge in [-0.2, -0.15) is 0 Å². The van der Waals surface area contributed by atoms with E-state index < -0.39 is 0 Å². The van der Waals surface area contributed by atoms with Crippen molar-refractivity contribution in [1.29, 1.82) is 0 Å². The Labute approximate surface area is 104 Å². The van der Waals surface area contributed by atoms with E-state index in [9.17, 15) is 0 Å². The maximum Gasteiger partial charge on any atom is 0.0431 e. The summed E-state index contributed by atoms with van der Waals surface area (Å²) in [6.45, 7) is 4.58. The summed E-state index contributed by atoms with van der Waals surface area (Å²) in [6.07, 6.45) is 1.62. The van der Waals surface area contributed by atoms with Gasteiger partial charge in [0.05, 0.1) is 0 Å². The Morgan fingerprint density at radius 1 is 1.25 bits per heavy atom. The van der Waals surface area contributed by atoms with Gasteiger partial charge >= 0.3 is 0 Å². The molecule has 0 aliphatic heterocycles. The summed E-state index contributed by atoms with van der Waals surface area (Å²) in [4.78, 5) is 0. The summed E-state index contributed by atoms with van der Waals surface area (Å²) < 4.78 is 0. The molecule has 1 atom stereocenters. The zero-order valence-corrected chi connectivity index (χ0v) is 10.8. The lowest BCUT2D eigenvalue weighted by atomic mass is 9.96. The quantitative estimate of drug-likeness (QED) is 0.835. The van der Waals surface area contributed by atoms with Gasteiger partial charge in [0, 0.05) is 12.6 Å². The number of hydrogen-bond acceptors (Lipinski definition) is 2. The summed E-state index contributed by atoms with van der Waals surface area (Å²) in [5.41, 5.74) is 8.54. The van der Waals surface area contributed by atoms with E-state index in [-0.39, 0.29) is 25.1 Å². The van der Waals surface area contributed by atoms with Gasteiger partial charge in [0.15, 0.2) is 0 Å². The van der Waals surface area contributed by atoms with Gasteiger partial charge in [-0.15, -0.1) is 12.4 Å². The average molecular weight is 244 g/mol. The second-order valence-electron chi connectivity index (χ2n) is 4.30. The second kappa shape index (κ2) is 7.66. The molecule has 0 aliphatic rings. The lowest BCUT2D eigenvalue weighted by Crippen LogP contribution is -2.11. The molecule has 0 saturated heterocycles. The first-order chi connectivity index (χ1) is 7.15. The van der Waals surface area contributed by atoms with E-state index in [1.165, 1.54) is 11.1 Å². The fraction of sp³-hybridized carbons (Fsp3) is 0.538. The van der Waals surface area contributed by atoms with Crippen molar-refractivity contribution in [2.45, 2.75) is 38.6 Å². The molecule has 16 heavy (non-hydrogen) atoms. The van der Waals surface area contributed by atoms with E-state index >= 15 is 0 Å². The van der Waals surface area contributed by atoms with Gasteiger partial charge in [-0.1, -0.05) is 38.1 Å². The number of aliphatic hydroxyl groups excluding tert-OH is 1. The van der Waals surface area contributed by atoms with Crippen LogP contribution in [-0.2, 0) is 0 Å². The van der Waals surface area contributed by atoms with E-state index in [1.54, 1.807) is 0 Å². The maximum absolute atomic E-state index is 8.75. The monoisotopic (exact) mass is 243 g/mol. The Bertz CT molecular complexity index is 302. The normalized spacial score (nSPS) is 12.3. The van der Waals surface area contributed by atoms with Crippen molar-refractivity contribution in [2.24, 2.45) is 5.73 Å². The molecule has 0 bridgehead atoms. The van der Waals surface area contributed by atoms with Crippen LogP contribution in [0.5, 0.6) is 0 Å². The maximum atomic E-state index is 8.75. The standard InChI is InChI=1S/C13H21NO.ClH/c1-10(2)11-5-3-6-12(9-11)13(14)7-4-8-15;/h3,5-6,9-10,13,15H,4,7-8,14H2,1-2H3;1H/t13-;/m1./s1. The number of hydrogen-bond donors (Lipinski definition) is 2. The van der Waals surface area contributed by atoms with Crippen molar-refractivity contribution >= 4 is 12.4 Å². The number of aliphatic hydroxyl groups is 1. The van der Waals surface area contributed by atoms with Crippen LogP contribution in [0.15, 0.2) is 24.3 Å². The van der Waals surface area contributed by atoms with Crippen LogP contribution in [0.25, 0.3) is 0 Å². The molecule has 92 valence electrons. The minimum absolute atomic E-state index is 0. The third kappa shape index (κ3) is 4.52. The Kier molecular flexibility index (Phi) is 7.39. The van der Waals surface area contributed by atoms with Crippen molar-refractivity contribution in [1.82, 2.24) is 0 Å². The molecule has 0 aromatic heterocycles. The van der Waals surface area contributed by atoms with Crippen LogP contribution in [0, 0.1) is 0 Å². The molecule has 0 spiro atoms. The van der Waals surface area contributed by atoms with Gasteiger partial charge in [-0.25, -0.2) is 0 Å². The van der Waals surface area contributed by atoms with Crippen LogP contribution < -0.4 is 5.73 Å². The minimum Gasteiger partial charge on any atom is -0.396 e. The largest absolute Gasteiger partial charge is 0.396 e. The van der Waals surface area contributed by atoms with Crippen molar-refractivity contribution in [3.8, 4) is 0 Å². The zero-order chi connectivity index (χ0) is 11.3. The first-order valence-electron chi connectivity index (χ1n) is 5.61. The molecule has 0 amide bonds. The lowest BCUT2D eigenvalue weighted by Gasteiger charge is -2.14. The molecule has 0 aliphatic carbocycles. The second-order valence-corrected chi connectivity index (χ2v) is 4.30. The molecule has 0 radical (unpaired) electrons. The highest BCUT2D eigenvalue weighted by molar-refractivity contribution is 5.85. The topological polar surface area (TPSA) is 46.2 Å². The summed E-state index contributed by atoms with van der Waals surface area (Å²) in [6, 6.07) is 8.48. The number of nitrogens with two attached hydrogens (primary N) is 1. The first kappa shape index (κ1) is 15.4. The van der Waals surface area contributed by atoms with Gasteiger partial charge in [-0.3, -0.25) is 0 Å². The third-order valence-electron chi connectivity index (χ3n) is 2.68. The molecule has 1 aromatic rings. The van der Waals surface area contributed by atoms with Crippen LogP contribution in [0.2, 0.25) is 0 Å². The van der Waals surface area contributed by atoms with Gasteiger partial charge in [0.25, 0.3) is 0 Å².